The van der Waals surface area contributed by atoms with Crippen LogP contribution in [-0.4, -0.2) is 19.7 Å². The molecule has 1 saturated heterocycles. The van der Waals surface area contributed by atoms with E-state index in [9.17, 15) is 0 Å². The molecule has 16 heavy (non-hydrogen) atoms. The van der Waals surface area contributed by atoms with Crippen LogP contribution in [0, 0.1) is 5.92 Å². The Kier molecular flexibility index (Phi) is 2.50. The number of ether oxygens (including phenoxy) is 1. The highest BCUT2D eigenvalue weighted by Gasteiger charge is 2.18. The molecule has 0 bridgehead atoms. The molecule has 1 fully saturated rings. The van der Waals surface area contributed by atoms with E-state index in [-0.39, 0.29) is 0 Å². The van der Waals surface area contributed by atoms with Gasteiger partial charge in [-0.3, -0.25) is 0 Å². The van der Waals surface area contributed by atoms with Crippen molar-refractivity contribution in [2.45, 2.75) is 0 Å². The van der Waals surface area contributed by atoms with Crippen LogP contribution < -0.4 is 10.1 Å². The van der Waals surface area contributed by atoms with Crippen LogP contribution >= 0.6 is 0 Å². The summed E-state index contributed by atoms with van der Waals surface area (Å²) in [6.07, 6.45) is 0. The summed E-state index contributed by atoms with van der Waals surface area (Å²) in [5, 5.41) is 6.62. The zero-order chi connectivity index (χ0) is 10.8. The lowest BCUT2D eigenvalue weighted by Gasteiger charge is -2.25. The smallest absolute Gasteiger partial charge is 0.127 e. The van der Waals surface area contributed by atoms with Crippen molar-refractivity contribution in [2.75, 3.05) is 19.7 Å². The summed E-state index contributed by atoms with van der Waals surface area (Å²) in [5.41, 5.74) is 0. The molecule has 0 saturated carbocycles. The van der Waals surface area contributed by atoms with Crippen molar-refractivity contribution in [3.63, 3.8) is 0 Å². The van der Waals surface area contributed by atoms with Crippen molar-refractivity contribution in [2.24, 2.45) is 5.92 Å². The maximum absolute atomic E-state index is 5.86. The van der Waals surface area contributed by atoms with Gasteiger partial charge in [-0.1, -0.05) is 36.4 Å². The van der Waals surface area contributed by atoms with E-state index in [2.05, 4.69) is 29.6 Å². The van der Waals surface area contributed by atoms with Crippen molar-refractivity contribution in [1.29, 1.82) is 0 Å². The second kappa shape index (κ2) is 4.14. The van der Waals surface area contributed by atoms with E-state index < -0.39 is 0 Å². The second-order valence-electron chi connectivity index (χ2n) is 4.24. The zero-order valence-corrected chi connectivity index (χ0v) is 9.10. The minimum absolute atomic E-state index is 0.624. The minimum atomic E-state index is 0.624. The van der Waals surface area contributed by atoms with Crippen LogP contribution in [0.5, 0.6) is 5.75 Å². The van der Waals surface area contributed by atoms with Gasteiger partial charge in [0.15, 0.2) is 0 Å². The molecule has 0 amide bonds. The average Bonchev–Trinajstić information content (AvgIpc) is 2.27. The van der Waals surface area contributed by atoms with Gasteiger partial charge in [-0.25, -0.2) is 5.32 Å². The van der Waals surface area contributed by atoms with Gasteiger partial charge in [-0.05, 0) is 11.5 Å². The molecule has 0 spiro atoms. The lowest BCUT2D eigenvalue weighted by molar-refractivity contribution is 0.197. The van der Waals surface area contributed by atoms with E-state index in [1.165, 1.54) is 10.8 Å². The van der Waals surface area contributed by atoms with E-state index in [1.54, 1.807) is 0 Å². The van der Waals surface area contributed by atoms with Crippen LogP contribution in [0.25, 0.3) is 10.8 Å². The molecule has 2 nitrogen and oxygen atoms in total. The third-order valence-electron chi connectivity index (χ3n) is 3.00. The van der Waals surface area contributed by atoms with Crippen LogP contribution in [-0.2, 0) is 0 Å². The van der Waals surface area contributed by atoms with Gasteiger partial charge in [-0.2, -0.15) is 0 Å². The Morgan fingerprint density at radius 2 is 1.88 bits per heavy atom. The maximum atomic E-state index is 5.86. The molecule has 1 heterocycles. The Balaban J connectivity index is 1.84. The largest absolute Gasteiger partial charge is 0.493 e. The molecule has 0 aliphatic carbocycles. The Morgan fingerprint density at radius 1 is 1.06 bits per heavy atom. The Morgan fingerprint density at radius 3 is 2.69 bits per heavy atom. The highest BCUT2D eigenvalue weighted by molar-refractivity contribution is 5.88. The predicted octanol–water partition coefficient (Wildman–Crippen LogP) is 2.45. The number of hydrogen-bond donors (Lipinski definition) is 0. The summed E-state index contributed by atoms with van der Waals surface area (Å²) in [6.45, 7) is 2.72. The molecule has 2 aromatic rings. The summed E-state index contributed by atoms with van der Waals surface area (Å²) >= 11 is 0. The summed E-state index contributed by atoms with van der Waals surface area (Å²) in [5.74, 6) is 1.61. The van der Waals surface area contributed by atoms with Crippen LogP contribution in [0.4, 0.5) is 0 Å². The first-order valence-corrected chi connectivity index (χ1v) is 5.67. The number of nitrogens with zero attached hydrogens (tertiary/aromatic N) is 1. The van der Waals surface area contributed by atoms with Crippen molar-refractivity contribution in [3.8, 4) is 5.75 Å². The van der Waals surface area contributed by atoms with E-state index in [0.717, 1.165) is 25.4 Å². The molecular weight excluding hydrogens is 198 g/mol. The molecule has 1 radical (unpaired) electrons. The van der Waals surface area contributed by atoms with Gasteiger partial charge in [0.2, 0.25) is 0 Å². The molecule has 1 aliphatic heterocycles. The van der Waals surface area contributed by atoms with Gasteiger partial charge in [0.1, 0.15) is 5.75 Å². The molecule has 81 valence electrons. The van der Waals surface area contributed by atoms with Crippen LogP contribution in [0.3, 0.4) is 0 Å². The normalized spacial score (nSPS) is 16.0. The van der Waals surface area contributed by atoms with Crippen molar-refractivity contribution >= 4 is 10.8 Å². The third kappa shape index (κ3) is 1.76. The summed E-state index contributed by atoms with van der Waals surface area (Å²) in [6, 6.07) is 14.5. The van der Waals surface area contributed by atoms with Crippen LogP contribution in [0.1, 0.15) is 0 Å². The summed E-state index contributed by atoms with van der Waals surface area (Å²) in [4.78, 5) is 0. The lowest BCUT2D eigenvalue weighted by atomic mass is 10.1. The van der Waals surface area contributed by atoms with Gasteiger partial charge in [0, 0.05) is 24.4 Å². The fourth-order valence-electron chi connectivity index (χ4n) is 1.95. The minimum Gasteiger partial charge on any atom is -0.493 e. The fourth-order valence-corrected chi connectivity index (χ4v) is 1.95. The number of rotatable bonds is 3. The van der Waals surface area contributed by atoms with Gasteiger partial charge in [0.25, 0.3) is 0 Å². The molecule has 0 aromatic heterocycles. The van der Waals surface area contributed by atoms with Crippen molar-refractivity contribution in [1.82, 2.24) is 5.32 Å². The van der Waals surface area contributed by atoms with Gasteiger partial charge in [-0.15, -0.1) is 0 Å². The number of benzene rings is 2. The average molecular weight is 212 g/mol. The van der Waals surface area contributed by atoms with Crippen molar-refractivity contribution < 1.29 is 4.74 Å². The summed E-state index contributed by atoms with van der Waals surface area (Å²) < 4.78 is 5.86. The lowest BCUT2D eigenvalue weighted by Crippen LogP contribution is -2.39. The SMILES string of the molecule is c1ccc2c(OCC3C[N]C3)cccc2c1. The molecule has 0 N–H and O–H groups in total. The first kappa shape index (κ1) is 9.67. The Labute approximate surface area is 95.2 Å². The highest BCUT2D eigenvalue weighted by atomic mass is 16.5. The molecule has 2 heteroatoms. The van der Waals surface area contributed by atoms with Gasteiger partial charge < -0.3 is 4.74 Å². The number of fused-ring (bicyclic) bond motifs is 1. The fraction of sp³-hybridized carbons (Fsp3) is 0.286. The van der Waals surface area contributed by atoms with E-state index in [0.29, 0.717) is 5.92 Å². The van der Waals surface area contributed by atoms with E-state index >= 15 is 0 Å². The quantitative estimate of drug-likeness (QED) is 0.766. The topological polar surface area (TPSA) is 23.3 Å². The molecule has 2 aromatic carbocycles. The molecule has 3 rings (SSSR count). The number of hydrogen-bond acceptors (Lipinski definition) is 1. The molecule has 0 unspecified atom stereocenters. The standard InChI is InChI=1S/C14H14NO/c1-2-6-13-12(4-1)5-3-7-14(13)16-10-11-8-15-9-11/h1-7,11H,8-10H2. The van der Waals surface area contributed by atoms with Gasteiger partial charge >= 0.3 is 0 Å². The maximum Gasteiger partial charge on any atom is 0.127 e. The Hall–Kier alpha value is -1.54. The summed E-state index contributed by atoms with van der Waals surface area (Å²) in [7, 11) is 0. The van der Waals surface area contributed by atoms with Crippen LogP contribution in [0.2, 0.25) is 0 Å². The first-order valence-electron chi connectivity index (χ1n) is 5.67. The van der Waals surface area contributed by atoms with Crippen LogP contribution in [0.15, 0.2) is 42.5 Å². The molecular formula is C14H14NO. The first-order chi connectivity index (χ1) is 7.93. The zero-order valence-electron chi connectivity index (χ0n) is 9.10. The van der Waals surface area contributed by atoms with E-state index in [4.69, 9.17) is 4.74 Å². The molecule has 0 atom stereocenters. The van der Waals surface area contributed by atoms with E-state index in [1.807, 2.05) is 18.2 Å². The Bertz CT molecular complexity index is 486. The van der Waals surface area contributed by atoms with Crippen molar-refractivity contribution in [3.05, 3.63) is 42.5 Å². The molecule has 1 aliphatic rings. The predicted molar refractivity (Wildman–Crippen MR) is 64.8 cm³/mol. The monoisotopic (exact) mass is 212 g/mol. The third-order valence-corrected chi connectivity index (χ3v) is 3.00. The van der Waals surface area contributed by atoms with Gasteiger partial charge in [0.05, 0.1) is 6.61 Å². The highest BCUT2D eigenvalue weighted by Crippen LogP contribution is 2.25. The second-order valence-corrected chi connectivity index (χ2v) is 4.24.